The summed E-state index contributed by atoms with van der Waals surface area (Å²) >= 11 is 23.3. The first-order chi connectivity index (χ1) is 11.0. The molecule has 2 aromatic rings. The predicted octanol–water partition coefficient (Wildman–Crippen LogP) is 2.39. The van der Waals surface area contributed by atoms with Crippen LogP contribution in [0, 0.1) is 0 Å². The summed E-state index contributed by atoms with van der Waals surface area (Å²) < 4.78 is 0. The second-order valence-corrected chi connectivity index (χ2v) is 6.03. The summed E-state index contributed by atoms with van der Waals surface area (Å²) in [7, 11) is 0. The Morgan fingerprint density at radius 3 is 1.22 bits per heavy atom. The van der Waals surface area contributed by atoms with Crippen LogP contribution >= 0.6 is 46.4 Å². The molecule has 1 saturated heterocycles. The van der Waals surface area contributed by atoms with Crippen LogP contribution < -0.4 is 9.80 Å². The summed E-state index contributed by atoms with van der Waals surface area (Å²) in [6, 6.07) is 0. The van der Waals surface area contributed by atoms with Crippen LogP contribution in [-0.4, -0.2) is 56.1 Å². The molecule has 8 nitrogen and oxygen atoms in total. The Morgan fingerprint density at radius 2 is 0.870 bits per heavy atom. The number of aromatic nitrogens is 6. The highest BCUT2D eigenvalue weighted by Crippen LogP contribution is 2.19. The molecule has 0 amide bonds. The summed E-state index contributed by atoms with van der Waals surface area (Å²) in [5.74, 6) is 0.895. The molecule has 3 heterocycles. The summed E-state index contributed by atoms with van der Waals surface area (Å²) in [4.78, 5) is 27.9. The van der Waals surface area contributed by atoms with Crippen molar-refractivity contribution in [1.29, 1.82) is 0 Å². The zero-order valence-electron chi connectivity index (χ0n) is 11.6. The van der Waals surface area contributed by atoms with E-state index in [2.05, 4.69) is 29.9 Å². The van der Waals surface area contributed by atoms with Crippen molar-refractivity contribution in [2.75, 3.05) is 36.0 Å². The molecule has 23 heavy (non-hydrogen) atoms. The summed E-state index contributed by atoms with van der Waals surface area (Å²) in [6.07, 6.45) is 0.835. The second-order valence-electron chi connectivity index (χ2n) is 4.67. The quantitative estimate of drug-likeness (QED) is 0.766. The average Bonchev–Trinajstić information content (AvgIpc) is 2.71. The Balaban J connectivity index is 1.76. The van der Waals surface area contributed by atoms with Gasteiger partial charge >= 0.3 is 0 Å². The van der Waals surface area contributed by atoms with Crippen LogP contribution in [0.1, 0.15) is 6.42 Å². The Bertz CT molecular complexity index is 614. The number of rotatable bonds is 2. The van der Waals surface area contributed by atoms with Crippen molar-refractivity contribution < 1.29 is 0 Å². The molecular formula is C11H10Cl4N8. The van der Waals surface area contributed by atoms with E-state index in [-0.39, 0.29) is 21.1 Å². The minimum Gasteiger partial charge on any atom is -0.339 e. The van der Waals surface area contributed by atoms with Gasteiger partial charge in [0.05, 0.1) is 0 Å². The summed E-state index contributed by atoms with van der Waals surface area (Å²) in [5.41, 5.74) is 0. The monoisotopic (exact) mass is 394 g/mol. The van der Waals surface area contributed by atoms with E-state index in [0.717, 1.165) is 19.5 Å². The van der Waals surface area contributed by atoms with Gasteiger partial charge in [0, 0.05) is 26.2 Å². The molecule has 0 spiro atoms. The zero-order valence-corrected chi connectivity index (χ0v) is 14.6. The van der Waals surface area contributed by atoms with Crippen molar-refractivity contribution in [3.63, 3.8) is 0 Å². The number of anilines is 2. The average molecular weight is 396 g/mol. The fourth-order valence-electron chi connectivity index (χ4n) is 2.23. The van der Waals surface area contributed by atoms with E-state index in [4.69, 9.17) is 46.4 Å². The molecule has 1 fully saturated rings. The lowest BCUT2D eigenvalue weighted by molar-refractivity contribution is 0.773. The largest absolute Gasteiger partial charge is 0.339 e. The predicted molar refractivity (Wildman–Crippen MR) is 88.7 cm³/mol. The molecule has 3 rings (SSSR count). The minimum absolute atomic E-state index is 0.0668. The Kier molecular flexibility index (Phi) is 5.15. The highest BCUT2D eigenvalue weighted by atomic mass is 35.5. The maximum atomic E-state index is 5.83. The first-order valence-electron chi connectivity index (χ1n) is 6.65. The van der Waals surface area contributed by atoms with Crippen LogP contribution in [-0.2, 0) is 0 Å². The van der Waals surface area contributed by atoms with E-state index in [9.17, 15) is 0 Å². The van der Waals surface area contributed by atoms with E-state index in [1.807, 2.05) is 9.80 Å². The minimum atomic E-state index is 0.0668. The normalized spacial score (nSPS) is 15.7. The van der Waals surface area contributed by atoms with Crippen molar-refractivity contribution in [1.82, 2.24) is 29.9 Å². The molecule has 0 aliphatic carbocycles. The maximum absolute atomic E-state index is 5.83. The zero-order chi connectivity index (χ0) is 16.4. The van der Waals surface area contributed by atoms with E-state index in [1.165, 1.54) is 0 Å². The van der Waals surface area contributed by atoms with E-state index < -0.39 is 0 Å². The first kappa shape index (κ1) is 16.6. The van der Waals surface area contributed by atoms with Crippen molar-refractivity contribution in [3.05, 3.63) is 21.1 Å². The lowest BCUT2D eigenvalue weighted by atomic mass is 10.4. The van der Waals surface area contributed by atoms with Crippen molar-refractivity contribution in [2.45, 2.75) is 6.42 Å². The van der Waals surface area contributed by atoms with E-state index >= 15 is 0 Å². The molecule has 1 aliphatic rings. The van der Waals surface area contributed by atoms with Gasteiger partial charge < -0.3 is 9.80 Å². The van der Waals surface area contributed by atoms with Crippen LogP contribution in [0.4, 0.5) is 11.9 Å². The molecule has 0 aromatic carbocycles. The topological polar surface area (TPSA) is 83.8 Å². The van der Waals surface area contributed by atoms with Crippen molar-refractivity contribution in [2.24, 2.45) is 0 Å². The highest BCUT2D eigenvalue weighted by Gasteiger charge is 2.20. The molecule has 122 valence electrons. The number of nitrogens with zero attached hydrogens (tertiary/aromatic N) is 8. The maximum Gasteiger partial charge on any atom is 0.231 e. The van der Waals surface area contributed by atoms with E-state index in [1.54, 1.807) is 0 Å². The van der Waals surface area contributed by atoms with Gasteiger partial charge in [0.1, 0.15) is 0 Å². The van der Waals surface area contributed by atoms with Gasteiger partial charge in [-0.05, 0) is 52.8 Å². The summed E-state index contributed by atoms with van der Waals surface area (Å²) in [5, 5.41) is 0.267. The molecule has 12 heteroatoms. The molecule has 0 N–H and O–H groups in total. The molecule has 1 aliphatic heterocycles. The molecule has 0 unspecified atom stereocenters. The van der Waals surface area contributed by atoms with Crippen molar-refractivity contribution >= 4 is 58.3 Å². The molecule has 2 aromatic heterocycles. The van der Waals surface area contributed by atoms with Gasteiger partial charge in [-0.1, -0.05) is 0 Å². The lowest BCUT2D eigenvalue weighted by Crippen LogP contribution is -2.32. The highest BCUT2D eigenvalue weighted by molar-refractivity contribution is 6.31. The molecule has 0 bridgehead atoms. The Morgan fingerprint density at radius 1 is 0.522 bits per heavy atom. The third-order valence-electron chi connectivity index (χ3n) is 3.20. The number of hydrogen-bond acceptors (Lipinski definition) is 8. The number of hydrogen-bond donors (Lipinski definition) is 0. The van der Waals surface area contributed by atoms with Crippen LogP contribution in [0.25, 0.3) is 0 Å². The van der Waals surface area contributed by atoms with Gasteiger partial charge in [0.2, 0.25) is 33.0 Å². The Labute approximate surface area is 151 Å². The van der Waals surface area contributed by atoms with Gasteiger partial charge in [0.25, 0.3) is 0 Å². The third kappa shape index (κ3) is 4.20. The number of halogens is 4. The van der Waals surface area contributed by atoms with Crippen LogP contribution in [0.3, 0.4) is 0 Å². The van der Waals surface area contributed by atoms with Gasteiger partial charge in [-0.25, -0.2) is 0 Å². The standard InChI is InChI=1S/C11H10Cl4N8/c12-6-16-7(13)19-10(18-6)22-2-1-3-23(5-4-22)11-20-8(14)17-9(15)21-11/h1-5H2. The fraction of sp³-hybridized carbons (Fsp3) is 0.455. The molecule has 0 saturated carbocycles. The van der Waals surface area contributed by atoms with Crippen LogP contribution in [0.5, 0.6) is 0 Å². The van der Waals surface area contributed by atoms with E-state index in [0.29, 0.717) is 25.0 Å². The van der Waals surface area contributed by atoms with Crippen molar-refractivity contribution in [3.8, 4) is 0 Å². The van der Waals surface area contributed by atoms with Gasteiger partial charge in [-0.3, -0.25) is 0 Å². The van der Waals surface area contributed by atoms with Crippen LogP contribution in [0.2, 0.25) is 21.1 Å². The Hall–Kier alpha value is -1.22. The molecule has 0 atom stereocenters. The molecular weight excluding hydrogens is 386 g/mol. The lowest BCUT2D eigenvalue weighted by Gasteiger charge is -2.22. The third-order valence-corrected chi connectivity index (χ3v) is 3.88. The SMILES string of the molecule is Clc1nc(Cl)nc(N2CCCN(c3nc(Cl)nc(Cl)n3)CC2)n1. The smallest absolute Gasteiger partial charge is 0.231 e. The fourth-order valence-corrected chi connectivity index (χ4v) is 2.94. The van der Waals surface area contributed by atoms with Gasteiger partial charge in [0.15, 0.2) is 0 Å². The first-order valence-corrected chi connectivity index (χ1v) is 8.16. The summed E-state index contributed by atoms with van der Waals surface area (Å²) in [6.45, 7) is 2.74. The second kappa shape index (κ2) is 7.12. The molecule has 0 radical (unpaired) electrons. The van der Waals surface area contributed by atoms with Gasteiger partial charge in [-0.2, -0.15) is 29.9 Å². The van der Waals surface area contributed by atoms with Gasteiger partial charge in [-0.15, -0.1) is 0 Å². The van der Waals surface area contributed by atoms with Crippen LogP contribution in [0.15, 0.2) is 0 Å².